The first kappa shape index (κ1) is 9.42. The summed E-state index contributed by atoms with van der Waals surface area (Å²) < 4.78 is 0. The number of imide groups is 1. The Balaban J connectivity index is 2.27. The molecule has 0 bridgehead atoms. The molecule has 1 saturated heterocycles. The standard InChI is InChI=1S/C8H6N2O2S2/c1-4-9-5(3-13-4)2-6-7(11)10-8(12)14-6/h2-3H,1H3,(H,10,11,12)/b6-2-. The molecule has 0 aliphatic carbocycles. The molecule has 0 saturated carbocycles. The van der Waals surface area contributed by atoms with Crippen molar-refractivity contribution in [2.75, 3.05) is 0 Å². The zero-order chi connectivity index (χ0) is 10.1. The third-order valence-corrected chi connectivity index (χ3v) is 3.16. The molecule has 72 valence electrons. The fraction of sp³-hybridized carbons (Fsp3) is 0.125. The van der Waals surface area contributed by atoms with Gasteiger partial charge in [-0.3, -0.25) is 14.9 Å². The van der Waals surface area contributed by atoms with E-state index in [1.54, 1.807) is 6.08 Å². The number of nitrogens with zero attached hydrogens (tertiary/aromatic N) is 1. The first-order valence-electron chi connectivity index (χ1n) is 3.82. The highest BCUT2D eigenvalue weighted by Gasteiger charge is 2.25. The second-order valence-electron chi connectivity index (χ2n) is 2.64. The van der Waals surface area contributed by atoms with Crippen molar-refractivity contribution in [2.45, 2.75) is 6.92 Å². The summed E-state index contributed by atoms with van der Waals surface area (Å²) >= 11 is 2.41. The van der Waals surface area contributed by atoms with Crippen LogP contribution in [0.5, 0.6) is 0 Å². The summed E-state index contributed by atoms with van der Waals surface area (Å²) in [6, 6.07) is 0. The SMILES string of the molecule is Cc1nc(/C=C2\SC(=O)NC2=O)cs1. The van der Waals surface area contributed by atoms with Gasteiger partial charge in [-0.25, -0.2) is 4.98 Å². The number of aromatic nitrogens is 1. The topological polar surface area (TPSA) is 59.1 Å². The van der Waals surface area contributed by atoms with Crippen LogP contribution in [0.4, 0.5) is 4.79 Å². The van der Waals surface area contributed by atoms with E-state index in [0.717, 1.165) is 22.5 Å². The molecule has 0 atom stereocenters. The first-order valence-corrected chi connectivity index (χ1v) is 5.52. The van der Waals surface area contributed by atoms with Crippen molar-refractivity contribution >= 4 is 40.3 Å². The second-order valence-corrected chi connectivity index (χ2v) is 4.72. The van der Waals surface area contributed by atoms with Gasteiger partial charge < -0.3 is 0 Å². The van der Waals surface area contributed by atoms with Gasteiger partial charge in [0, 0.05) is 5.38 Å². The molecule has 2 heterocycles. The number of thioether (sulfide) groups is 1. The third-order valence-electron chi connectivity index (χ3n) is 1.56. The van der Waals surface area contributed by atoms with Crippen LogP contribution in [0.15, 0.2) is 10.3 Å². The minimum Gasteiger partial charge on any atom is -0.282 e. The maximum absolute atomic E-state index is 11.2. The van der Waals surface area contributed by atoms with Crippen molar-refractivity contribution in [2.24, 2.45) is 0 Å². The summed E-state index contributed by atoms with van der Waals surface area (Å²) in [5.41, 5.74) is 0.722. The van der Waals surface area contributed by atoms with E-state index >= 15 is 0 Å². The number of thiazole rings is 1. The van der Waals surface area contributed by atoms with E-state index < -0.39 is 0 Å². The van der Waals surface area contributed by atoms with Gasteiger partial charge in [0.25, 0.3) is 11.1 Å². The van der Waals surface area contributed by atoms with Gasteiger partial charge >= 0.3 is 0 Å². The minimum absolute atomic E-state index is 0.326. The van der Waals surface area contributed by atoms with Gasteiger partial charge in [-0.15, -0.1) is 11.3 Å². The molecule has 0 unspecified atom stereocenters. The number of carbonyl (C=O) groups is 2. The lowest BCUT2D eigenvalue weighted by molar-refractivity contribution is -0.115. The molecule has 0 spiro atoms. The third kappa shape index (κ3) is 1.85. The van der Waals surface area contributed by atoms with Crippen LogP contribution >= 0.6 is 23.1 Å². The zero-order valence-corrected chi connectivity index (χ0v) is 8.87. The Bertz CT molecular complexity index is 436. The number of rotatable bonds is 1. The van der Waals surface area contributed by atoms with Gasteiger partial charge in [0.05, 0.1) is 15.6 Å². The number of hydrogen-bond acceptors (Lipinski definition) is 5. The molecule has 1 aromatic rings. The quantitative estimate of drug-likeness (QED) is 0.741. The van der Waals surface area contributed by atoms with E-state index in [0.29, 0.717) is 4.91 Å². The van der Waals surface area contributed by atoms with Crippen molar-refractivity contribution in [3.8, 4) is 0 Å². The number of aryl methyl sites for hydroxylation is 1. The number of hydrogen-bond donors (Lipinski definition) is 1. The number of amides is 2. The Kier molecular flexibility index (Phi) is 2.39. The molecule has 0 aromatic carbocycles. The Morgan fingerprint density at radius 2 is 2.29 bits per heavy atom. The molecule has 6 heteroatoms. The average Bonchev–Trinajstić information content (AvgIpc) is 2.61. The summed E-state index contributed by atoms with van der Waals surface area (Å²) in [4.78, 5) is 26.6. The van der Waals surface area contributed by atoms with Gasteiger partial charge in [-0.05, 0) is 24.8 Å². The van der Waals surface area contributed by atoms with Crippen LogP contribution in [0.25, 0.3) is 6.08 Å². The Labute approximate surface area is 88.4 Å². The molecule has 1 aliphatic heterocycles. The highest BCUT2D eigenvalue weighted by atomic mass is 32.2. The number of nitrogens with one attached hydrogen (secondary N) is 1. The Morgan fingerprint density at radius 3 is 2.79 bits per heavy atom. The molecular weight excluding hydrogens is 220 g/mol. The monoisotopic (exact) mass is 226 g/mol. The normalized spacial score (nSPS) is 19.1. The van der Waals surface area contributed by atoms with Crippen molar-refractivity contribution in [1.82, 2.24) is 10.3 Å². The molecule has 4 nitrogen and oxygen atoms in total. The van der Waals surface area contributed by atoms with Gasteiger partial charge in [-0.1, -0.05) is 0 Å². The highest BCUT2D eigenvalue weighted by Crippen LogP contribution is 2.25. The molecule has 1 aromatic heterocycles. The summed E-state index contributed by atoms with van der Waals surface area (Å²) in [7, 11) is 0. The highest BCUT2D eigenvalue weighted by molar-refractivity contribution is 8.18. The molecule has 0 radical (unpaired) electrons. The molecule has 1 fully saturated rings. The Hall–Kier alpha value is -1.14. The van der Waals surface area contributed by atoms with Crippen LogP contribution in [0.2, 0.25) is 0 Å². The van der Waals surface area contributed by atoms with Crippen molar-refractivity contribution in [3.05, 3.63) is 21.0 Å². The lowest BCUT2D eigenvalue weighted by atomic mass is 10.4. The van der Waals surface area contributed by atoms with E-state index in [2.05, 4.69) is 10.3 Å². The minimum atomic E-state index is -0.342. The predicted molar refractivity (Wildman–Crippen MR) is 56.0 cm³/mol. The summed E-state index contributed by atoms with van der Waals surface area (Å²) in [6.07, 6.45) is 1.62. The summed E-state index contributed by atoms with van der Waals surface area (Å²) in [6.45, 7) is 1.89. The summed E-state index contributed by atoms with van der Waals surface area (Å²) in [5, 5.41) is 4.64. The molecule has 2 rings (SSSR count). The smallest absolute Gasteiger partial charge is 0.282 e. The van der Waals surface area contributed by atoms with E-state index in [9.17, 15) is 9.59 Å². The summed E-state index contributed by atoms with van der Waals surface area (Å²) in [5.74, 6) is -0.342. The lowest BCUT2D eigenvalue weighted by Gasteiger charge is -1.87. The van der Waals surface area contributed by atoms with Gasteiger partial charge in [0.1, 0.15) is 0 Å². The fourth-order valence-electron chi connectivity index (χ4n) is 1.00. The molecular formula is C8H6N2O2S2. The number of carbonyl (C=O) groups excluding carboxylic acids is 2. The first-order chi connectivity index (χ1) is 6.65. The van der Waals surface area contributed by atoms with Crippen LogP contribution in [-0.2, 0) is 4.79 Å². The second kappa shape index (κ2) is 3.55. The van der Waals surface area contributed by atoms with Crippen LogP contribution < -0.4 is 5.32 Å². The van der Waals surface area contributed by atoms with E-state index in [4.69, 9.17) is 0 Å². The molecule has 1 aliphatic rings. The van der Waals surface area contributed by atoms with Gasteiger partial charge in [-0.2, -0.15) is 0 Å². The van der Waals surface area contributed by atoms with Crippen molar-refractivity contribution < 1.29 is 9.59 Å². The molecule has 2 amide bonds. The zero-order valence-electron chi connectivity index (χ0n) is 7.23. The van der Waals surface area contributed by atoms with Gasteiger partial charge in [0.15, 0.2) is 0 Å². The van der Waals surface area contributed by atoms with Crippen LogP contribution in [0.3, 0.4) is 0 Å². The van der Waals surface area contributed by atoms with E-state index in [1.807, 2.05) is 12.3 Å². The maximum atomic E-state index is 11.2. The fourth-order valence-corrected chi connectivity index (χ4v) is 2.24. The maximum Gasteiger partial charge on any atom is 0.290 e. The van der Waals surface area contributed by atoms with E-state index in [-0.39, 0.29) is 11.1 Å². The average molecular weight is 226 g/mol. The van der Waals surface area contributed by atoms with Crippen molar-refractivity contribution in [1.29, 1.82) is 0 Å². The molecule has 1 N–H and O–H groups in total. The predicted octanol–water partition coefficient (Wildman–Crippen LogP) is 1.78. The Morgan fingerprint density at radius 1 is 1.50 bits per heavy atom. The van der Waals surface area contributed by atoms with E-state index in [1.165, 1.54) is 11.3 Å². The largest absolute Gasteiger partial charge is 0.290 e. The van der Waals surface area contributed by atoms with Crippen LogP contribution in [-0.4, -0.2) is 16.1 Å². The van der Waals surface area contributed by atoms with Crippen LogP contribution in [0, 0.1) is 6.92 Å². The lowest BCUT2D eigenvalue weighted by Crippen LogP contribution is -2.17. The van der Waals surface area contributed by atoms with Crippen molar-refractivity contribution in [3.63, 3.8) is 0 Å². The van der Waals surface area contributed by atoms with Crippen LogP contribution in [0.1, 0.15) is 10.7 Å². The molecule has 14 heavy (non-hydrogen) atoms. The van der Waals surface area contributed by atoms with Gasteiger partial charge in [0.2, 0.25) is 0 Å².